The molecule has 0 aromatic heterocycles. The standard InChI is InChI=1S/C21H25FN2O4S/c1-15-5-2-3-12-24(15)29(27,28)19-10-8-16(9-11-19)21(26)23-14-20(25)17-6-4-7-18(22)13-17/h4,6-11,13,15,20,25H,2-3,5,12,14H2,1H3,(H,23,26). The number of aliphatic hydroxyl groups is 1. The Morgan fingerprint density at radius 2 is 1.97 bits per heavy atom. The molecule has 2 N–H and O–H groups in total. The van der Waals surface area contributed by atoms with E-state index in [0.717, 1.165) is 19.3 Å². The van der Waals surface area contributed by atoms with Crippen LogP contribution in [0.5, 0.6) is 0 Å². The zero-order valence-electron chi connectivity index (χ0n) is 16.2. The van der Waals surface area contributed by atoms with E-state index in [4.69, 9.17) is 0 Å². The predicted octanol–water partition coefficient (Wildman–Crippen LogP) is 2.85. The molecule has 156 valence electrons. The van der Waals surface area contributed by atoms with Gasteiger partial charge in [0.1, 0.15) is 5.82 Å². The number of rotatable bonds is 6. The van der Waals surface area contributed by atoms with E-state index in [0.29, 0.717) is 12.1 Å². The smallest absolute Gasteiger partial charge is 0.251 e. The van der Waals surface area contributed by atoms with E-state index >= 15 is 0 Å². The van der Waals surface area contributed by atoms with Crippen molar-refractivity contribution in [1.29, 1.82) is 0 Å². The van der Waals surface area contributed by atoms with Crippen LogP contribution in [0, 0.1) is 5.82 Å². The Morgan fingerprint density at radius 1 is 1.24 bits per heavy atom. The van der Waals surface area contributed by atoms with Crippen molar-refractivity contribution < 1.29 is 22.7 Å². The van der Waals surface area contributed by atoms with Crippen molar-refractivity contribution >= 4 is 15.9 Å². The van der Waals surface area contributed by atoms with Gasteiger partial charge < -0.3 is 10.4 Å². The van der Waals surface area contributed by atoms with Gasteiger partial charge in [-0.05, 0) is 61.7 Å². The van der Waals surface area contributed by atoms with Crippen molar-refractivity contribution in [1.82, 2.24) is 9.62 Å². The molecule has 0 radical (unpaired) electrons. The number of halogens is 1. The average molecular weight is 421 g/mol. The van der Waals surface area contributed by atoms with Gasteiger partial charge >= 0.3 is 0 Å². The second-order valence-corrected chi connectivity index (χ2v) is 9.16. The Labute approximate surface area is 170 Å². The number of sulfonamides is 1. The fourth-order valence-electron chi connectivity index (χ4n) is 3.47. The van der Waals surface area contributed by atoms with Crippen LogP contribution in [0.3, 0.4) is 0 Å². The number of hydrogen-bond acceptors (Lipinski definition) is 4. The van der Waals surface area contributed by atoms with E-state index in [9.17, 15) is 22.7 Å². The van der Waals surface area contributed by atoms with Gasteiger partial charge in [0.2, 0.25) is 10.0 Å². The highest BCUT2D eigenvalue weighted by molar-refractivity contribution is 7.89. The fourth-order valence-corrected chi connectivity index (χ4v) is 5.17. The lowest BCUT2D eigenvalue weighted by Gasteiger charge is -2.32. The van der Waals surface area contributed by atoms with Gasteiger partial charge in [0.25, 0.3) is 5.91 Å². The highest BCUT2D eigenvalue weighted by Gasteiger charge is 2.30. The van der Waals surface area contributed by atoms with E-state index in [1.807, 2.05) is 6.92 Å². The van der Waals surface area contributed by atoms with E-state index in [2.05, 4.69) is 5.32 Å². The molecular formula is C21H25FN2O4S. The van der Waals surface area contributed by atoms with Crippen molar-refractivity contribution in [3.8, 4) is 0 Å². The number of piperidine rings is 1. The molecule has 8 heteroatoms. The zero-order valence-corrected chi connectivity index (χ0v) is 17.0. The Kier molecular flexibility index (Phi) is 6.66. The van der Waals surface area contributed by atoms with Gasteiger partial charge in [-0.25, -0.2) is 12.8 Å². The first-order valence-electron chi connectivity index (χ1n) is 9.62. The average Bonchev–Trinajstić information content (AvgIpc) is 2.72. The van der Waals surface area contributed by atoms with Gasteiger partial charge in [0.15, 0.2) is 0 Å². The number of carbonyl (C=O) groups excluding carboxylic acids is 1. The summed E-state index contributed by atoms with van der Waals surface area (Å²) < 4.78 is 40.4. The van der Waals surface area contributed by atoms with Crippen molar-refractivity contribution in [3.05, 3.63) is 65.5 Å². The Bertz CT molecular complexity index is 963. The molecule has 1 aliphatic rings. The minimum Gasteiger partial charge on any atom is -0.387 e. The largest absolute Gasteiger partial charge is 0.387 e. The van der Waals surface area contributed by atoms with E-state index in [1.54, 1.807) is 6.07 Å². The number of amides is 1. The van der Waals surface area contributed by atoms with Crippen LogP contribution < -0.4 is 5.32 Å². The van der Waals surface area contributed by atoms with Crippen molar-refractivity contribution in [2.45, 2.75) is 43.2 Å². The third-order valence-electron chi connectivity index (χ3n) is 5.15. The molecule has 0 spiro atoms. The molecule has 1 fully saturated rings. The van der Waals surface area contributed by atoms with Crippen LogP contribution in [-0.4, -0.2) is 42.9 Å². The minimum atomic E-state index is -3.59. The lowest BCUT2D eigenvalue weighted by molar-refractivity contribution is 0.0916. The molecule has 2 unspecified atom stereocenters. The highest BCUT2D eigenvalue weighted by Crippen LogP contribution is 2.25. The second kappa shape index (κ2) is 9.02. The van der Waals surface area contributed by atoms with E-state index in [1.165, 1.54) is 46.8 Å². The Hall–Kier alpha value is -2.29. The Balaban J connectivity index is 1.64. The first-order valence-corrected chi connectivity index (χ1v) is 11.1. The number of nitrogens with one attached hydrogen (secondary N) is 1. The monoisotopic (exact) mass is 420 g/mol. The molecule has 3 rings (SSSR count). The number of aliphatic hydroxyl groups excluding tert-OH is 1. The first-order chi connectivity index (χ1) is 13.8. The third-order valence-corrected chi connectivity index (χ3v) is 7.18. The summed E-state index contributed by atoms with van der Waals surface area (Å²) in [6, 6.07) is 11.2. The molecule has 1 saturated heterocycles. The molecule has 2 atom stereocenters. The zero-order chi connectivity index (χ0) is 21.0. The Morgan fingerprint density at radius 3 is 2.62 bits per heavy atom. The molecule has 6 nitrogen and oxygen atoms in total. The quantitative estimate of drug-likeness (QED) is 0.752. The highest BCUT2D eigenvalue weighted by atomic mass is 32.2. The summed E-state index contributed by atoms with van der Waals surface area (Å²) in [7, 11) is -3.59. The molecule has 2 aromatic carbocycles. The summed E-state index contributed by atoms with van der Waals surface area (Å²) in [4.78, 5) is 12.5. The van der Waals surface area contributed by atoms with Crippen LogP contribution in [0.25, 0.3) is 0 Å². The number of nitrogens with zero attached hydrogens (tertiary/aromatic N) is 1. The molecule has 1 aliphatic heterocycles. The number of carbonyl (C=O) groups is 1. The van der Waals surface area contributed by atoms with Crippen LogP contribution in [0.1, 0.15) is 48.2 Å². The van der Waals surface area contributed by atoms with Crippen LogP contribution in [0.2, 0.25) is 0 Å². The van der Waals surface area contributed by atoms with Gasteiger partial charge in [-0.1, -0.05) is 18.6 Å². The van der Waals surface area contributed by atoms with Gasteiger partial charge in [0.05, 0.1) is 11.0 Å². The van der Waals surface area contributed by atoms with Crippen LogP contribution in [0.4, 0.5) is 4.39 Å². The van der Waals surface area contributed by atoms with Crippen LogP contribution >= 0.6 is 0 Å². The summed E-state index contributed by atoms with van der Waals surface area (Å²) in [6.45, 7) is 2.32. The molecule has 0 bridgehead atoms. The van der Waals surface area contributed by atoms with Gasteiger partial charge in [-0.2, -0.15) is 4.31 Å². The fraction of sp³-hybridized carbons (Fsp3) is 0.381. The van der Waals surface area contributed by atoms with Crippen molar-refractivity contribution in [2.75, 3.05) is 13.1 Å². The summed E-state index contributed by atoms with van der Waals surface area (Å²) >= 11 is 0. The SMILES string of the molecule is CC1CCCCN1S(=O)(=O)c1ccc(C(=O)NCC(O)c2cccc(F)c2)cc1. The molecule has 2 aromatic rings. The first kappa shape index (κ1) is 21.4. The maximum atomic E-state index is 13.2. The summed E-state index contributed by atoms with van der Waals surface area (Å²) in [5.74, 6) is -0.913. The molecule has 0 aliphatic carbocycles. The van der Waals surface area contributed by atoms with Crippen LogP contribution in [0.15, 0.2) is 53.4 Å². The van der Waals surface area contributed by atoms with E-state index < -0.39 is 27.9 Å². The summed E-state index contributed by atoms with van der Waals surface area (Å²) in [5.41, 5.74) is 0.643. The maximum Gasteiger partial charge on any atom is 0.251 e. The van der Waals surface area contributed by atoms with Crippen molar-refractivity contribution in [2.24, 2.45) is 0 Å². The maximum absolute atomic E-state index is 13.2. The third kappa shape index (κ3) is 5.01. The molecule has 0 saturated carbocycles. The molecule has 1 amide bonds. The molecular weight excluding hydrogens is 395 g/mol. The van der Waals surface area contributed by atoms with Crippen molar-refractivity contribution in [3.63, 3.8) is 0 Å². The molecule has 29 heavy (non-hydrogen) atoms. The summed E-state index contributed by atoms with van der Waals surface area (Å²) in [6.07, 6.45) is 1.66. The predicted molar refractivity (Wildman–Crippen MR) is 107 cm³/mol. The van der Waals surface area contributed by atoms with Crippen LogP contribution in [-0.2, 0) is 10.0 Å². The van der Waals surface area contributed by atoms with Gasteiger partial charge in [-0.15, -0.1) is 0 Å². The summed E-state index contributed by atoms with van der Waals surface area (Å²) in [5, 5.41) is 12.7. The lowest BCUT2D eigenvalue weighted by Crippen LogP contribution is -2.41. The number of hydrogen-bond donors (Lipinski definition) is 2. The lowest BCUT2D eigenvalue weighted by atomic mass is 10.1. The second-order valence-electron chi connectivity index (χ2n) is 7.27. The normalized spacial score (nSPS) is 18.9. The molecule has 1 heterocycles. The van der Waals surface area contributed by atoms with Gasteiger partial charge in [0, 0.05) is 24.7 Å². The minimum absolute atomic E-state index is 0.0407. The topological polar surface area (TPSA) is 86.7 Å². The number of benzene rings is 2. The van der Waals surface area contributed by atoms with E-state index in [-0.39, 0.29) is 23.0 Å². The van der Waals surface area contributed by atoms with Gasteiger partial charge in [-0.3, -0.25) is 4.79 Å².